The molecule has 0 radical (unpaired) electrons. The number of aromatic nitrogens is 3. The molecule has 0 saturated carbocycles. The summed E-state index contributed by atoms with van der Waals surface area (Å²) in [6.45, 7) is 4.52. The van der Waals surface area contributed by atoms with Crippen LogP contribution in [0.25, 0.3) is 11.5 Å². The molecule has 0 aliphatic carbocycles. The van der Waals surface area contributed by atoms with E-state index in [1.54, 1.807) is 0 Å². The molecule has 5 rings (SSSR count). The Kier molecular flexibility index (Phi) is 4.33. The van der Waals surface area contributed by atoms with Crippen LogP contribution in [-0.2, 0) is 6.42 Å². The molecule has 1 aromatic carbocycles. The van der Waals surface area contributed by atoms with Gasteiger partial charge in [0.05, 0.1) is 5.56 Å². The van der Waals surface area contributed by atoms with Gasteiger partial charge in [-0.2, -0.15) is 4.98 Å². The molecule has 0 N–H and O–H groups in total. The average Bonchev–Trinajstić information content (AvgIpc) is 3.38. The Morgan fingerprint density at radius 1 is 1.04 bits per heavy atom. The predicted molar refractivity (Wildman–Crippen MR) is 104 cm³/mol. The Hall–Kier alpha value is -2.73. The number of rotatable bonds is 4. The van der Waals surface area contributed by atoms with Crippen LogP contribution in [0.2, 0.25) is 0 Å². The summed E-state index contributed by atoms with van der Waals surface area (Å²) in [5, 5.41) is 4.11. The lowest BCUT2D eigenvalue weighted by Gasteiger charge is -2.38. The first-order valence-corrected chi connectivity index (χ1v) is 9.67. The Bertz CT molecular complexity index is 892. The van der Waals surface area contributed by atoms with Crippen LogP contribution in [0.1, 0.15) is 24.2 Å². The second kappa shape index (κ2) is 7.12. The molecule has 4 heterocycles. The minimum absolute atomic E-state index is 0.528. The largest absolute Gasteiger partial charge is 0.354 e. The second-order valence-corrected chi connectivity index (χ2v) is 7.36. The van der Waals surface area contributed by atoms with Gasteiger partial charge in [-0.25, -0.2) is 4.98 Å². The predicted octanol–water partition coefficient (Wildman–Crippen LogP) is 3.01. The highest BCUT2D eigenvalue weighted by Gasteiger charge is 2.30. The topological polar surface area (TPSA) is 58.3 Å². The Balaban J connectivity index is 1.28. The summed E-state index contributed by atoms with van der Waals surface area (Å²) < 4.78 is 5.44. The lowest BCUT2D eigenvalue weighted by Crippen LogP contribution is -2.50. The van der Waals surface area contributed by atoms with E-state index in [0.717, 1.165) is 31.0 Å². The van der Waals surface area contributed by atoms with Crippen LogP contribution in [0.3, 0.4) is 0 Å². The van der Waals surface area contributed by atoms with Gasteiger partial charge in [-0.05, 0) is 37.1 Å². The van der Waals surface area contributed by atoms with Crippen molar-refractivity contribution < 1.29 is 4.52 Å². The first-order valence-electron chi connectivity index (χ1n) is 9.67. The Morgan fingerprint density at radius 3 is 2.81 bits per heavy atom. The maximum Gasteiger partial charge on any atom is 0.259 e. The number of piperazine rings is 1. The molecule has 1 atom stereocenters. The van der Waals surface area contributed by atoms with E-state index in [1.807, 2.05) is 30.5 Å². The van der Waals surface area contributed by atoms with Gasteiger partial charge in [0.15, 0.2) is 5.82 Å². The third-order valence-corrected chi connectivity index (χ3v) is 5.58. The summed E-state index contributed by atoms with van der Waals surface area (Å²) >= 11 is 0. The smallest absolute Gasteiger partial charge is 0.259 e. The number of fused-ring (bicyclic) bond motifs is 1. The lowest BCUT2D eigenvalue weighted by atomic mass is 10.1. The zero-order valence-corrected chi connectivity index (χ0v) is 15.3. The highest BCUT2D eigenvalue weighted by Crippen LogP contribution is 2.25. The van der Waals surface area contributed by atoms with Gasteiger partial charge in [0.25, 0.3) is 5.89 Å². The van der Waals surface area contributed by atoms with Crippen molar-refractivity contribution in [2.75, 3.05) is 31.1 Å². The summed E-state index contributed by atoms with van der Waals surface area (Å²) in [7, 11) is 0. The summed E-state index contributed by atoms with van der Waals surface area (Å²) in [4.78, 5) is 14.2. The molecule has 3 aromatic rings. The van der Waals surface area contributed by atoms with E-state index < -0.39 is 0 Å². The van der Waals surface area contributed by atoms with Gasteiger partial charge in [-0.15, -0.1) is 0 Å². The molecule has 2 aliphatic rings. The van der Waals surface area contributed by atoms with Gasteiger partial charge in [0, 0.05) is 38.3 Å². The van der Waals surface area contributed by atoms with Crippen LogP contribution in [0, 0.1) is 0 Å². The number of benzene rings is 1. The van der Waals surface area contributed by atoms with Crippen LogP contribution in [0.4, 0.5) is 5.82 Å². The number of anilines is 1. The van der Waals surface area contributed by atoms with Crippen molar-refractivity contribution in [3.63, 3.8) is 0 Å². The van der Waals surface area contributed by atoms with Gasteiger partial charge in [-0.1, -0.05) is 35.5 Å². The van der Waals surface area contributed by atoms with Gasteiger partial charge < -0.3 is 9.42 Å². The molecule has 2 fully saturated rings. The standard InChI is InChI=1S/C21H23N5O/c1-2-5-16(6-3-1)13-19-23-21(27-24-19)17-8-9-20(22-14-17)26-12-11-25-10-4-7-18(25)15-26/h1-3,5-6,8-9,14,18H,4,7,10-13,15H2. The molecule has 2 aromatic heterocycles. The lowest BCUT2D eigenvalue weighted by molar-refractivity contribution is 0.230. The van der Waals surface area contributed by atoms with Crippen LogP contribution in [-0.4, -0.2) is 52.2 Å². The zero-order chi connectivity index (χ0) is 18.1. The first kappa shape index (κ1) is 16.4. The fraction of sp³-hybridized carbons (Fsp3) is 0.381. The van der Waals surface area contributed by atoms with Crippen LogP contribution < -0.4 is 4.90 Å². The molecular formula is C21H23N5O. The number of hydrogen-bond acceptors (Lipinski definition) is 6. The summed E-state index contributed by atoms with van der Waals surface area (Å²) in [5.41, 5.74) is 2.04. The molecule has 138 valence electrons. The first-order chi connectivity index (χ1) is 13.3. The van der Waals surface area contributed by atoms with E-state index in [1.165, 1.54) is 24.9 Å². The summed E-state index contributed by atoms with van der Waals surface area (Å²) in [6, 6.07) is 15.0. The number of nitrogens with zero attached hydrogens (tertiary/aromatic N) is 5. The average molecular weight is 361 g/mol. The van der Waals surface area contributed by atoms with Crippen LogP contribution in [0.15, 0.2) is 53.2 Å². The summed E-state index contributed by atoms with van der Waals surface area (Å²) in [5.74, 6) is 2.26. The third kappa shape index (κ3) is 3.45. The molecule has 27 heavy (non-hydrogen) atoms. The van der Waals surface area contributed by atoms with Crippen molar-refractivity contribution in [2.45, 2.75) is 25.3 Å². The van der Waals surface area contributed by atoms with Crippen molar-refractivity contribution in [1.82, 2.24) is 20.0 Å². The molecule has 6 heteroatoms. The van der Waals surface area contributed by atoms with Gasteiger partial charge in [0.2, 0.25) is 0 Å². The number of pyridine rings is 1. The summed E-state index contributed by atoms with van der Waals surface area (Å²) in [6.07, 6.45) is 5.14. The van der Waals surface area contributed by atoms with Crippen molar-refractivity contribution in [3.05, 3.63) is 60.0 Å². The molecule has 0 bridgehead atoms. The van der Waals surface area contributed by atoms with Crippen molar-refractivity contribution >= 4 is 5.82 Å². The second-order valence-electron chi connectivity index (χ2n) is 7.36. The molecule has 2 aliphatic heterocycles. The van der Waals surface area contributed by atoms with Gasteiger partial charge in [-0.3, -0.25) is 4.90 Å². The minimum atomic E-state index is 0.528. The van der Waals surface area contributed by atoms with E-state index in [4.69, 9.17) is 4.52 Å². The monoisotopic (exact) mass is 361 g/mol. The fourth-order valence-electron chi connectivity index (χ4n) is 4.12. The van der Waals surface area contributed by atoms with Gasteiger partial charge >= 0.3 is 0 Å². The van der Waals surface area contributed by atoms with Gasteiger partial charge in [0.1, 0.15) is 5.82 Å². The molecule has 6 nitrogen and oxygen atoms in total. The maximum atomic E-state index is 5.44. The van der Waals surface area contributed by atoms with E-state index in [-0.39, 0.29) is 0 Å². The Labute approximate surface area is 158 Å². The fourth-order valence-corrected chi connectivity index (χ4v) is 4.12. The SMILES string of the molecule is c1ccc(Cc2noc(-c3ccc(N4CCN5CCCC5C4)nc3)n2)cc1. The van der Waals surface area contributed by atoms with E-state index in [9.17, 15) is 0 Å². The van der Waals surface area contributed by atoms with Crippen LogP contribution >= 0.6 is 0 Å². The third-order valence-electron chi connectivity index (χ3n) is 5.58. The molecular weight excluding hydrogens is 338 g/mol. The zero-order valence-electron chi connectivity index (χ0n) is 15.3. The van der Waals surface area contributed by atoms with Crippen LogP contribution in [0.5, 0.6) is 0 Å². The molecule has 1 unspecified atom stereocenters. The molecule has 2 saturated heterocycles. The molecule has 0 spiro atoms. The Morgan fingerprint density at radius 2 is 1.96 bits per heavy atom. The quantitative estimate of drug-likeness (QED) is 0.712. The van der Waals surface area contributed by atoms with Crippen molar-refractivity contribution in [3.8, 4) is 11.5 Å². The maximum absolute atomic E-state index is 5.44. The van der Waals surface area contributed by atoms with Crippen molar-refractivity contribution in [1.29, 1.82) is 0 Å². The normalized spacial score (nSPS) is 20.0. The van der Waals surface area contributed by atoms with Crippen molar-refractivity contribution in [2.24, 2.45) is 0 Å². The number of hydrogen-bond donors (Lipinski definition) is 0. The van der Waals surface area contributed by atoms with E-state index in [2.05, 4.69) is 43.1 Å². The highest BCUT2D eigenvalue weighted by atomic mass is 16.5. The van der Waals surface area contributed by atoms with E-state index in [0.29, 0.717) is 24.2 Å². The van der Waals surface area contributed by atoms with E-state index >= 15 is 0 Å². The molecule has 0 amide bonds. The minimum Gasteiger partial charge on any atom is -0.354 e. The highest BCUT2D eigenvalue weighted by molar-refractivity contribution is 5.55.